The number of hydrogen-bond donors (Lipinski definition) is 1. The molecule has 0 saturated carbocycles. The molecule has 96 valence electrons. The molecule has 5 nitrogen and oxygen atoms in total. The van der Waals surface area contributed by atoms with Gasteiger partial charge in [-0.2, -0.15) is 4.98 Å². The molecule has 0 amide bonds. The third-order valence-corrected chi connectivity index (χ3v) is 3.38. The maximum Gasteiger partial charge on any atom is 0.243 e. The number of hydrogen-bond acceptors (Lipinski definition) is 4. The summed E-state index contributed by atoms with van der Waals surface area (Å²) in [6.45, 7) is 4.75. The first-order valence-electron chi connectivity index (χ1n) is 6.46. The van der Waals surface area contributed by atoms with Crippen LogP contribution in [0.2, 0.25) is 0 Å². The number of ether oxygens (including phenoxy) is 1. The Morgan fingerprint density at radius 1 is 1.44 bits per heavy atom. The van der Waals surface area contributed by atoms with Crippen LogP contribution in [0.3, 0.4) is 0 Å². The second-order valence-corrected chi connectivity index (χ2v) is 4.88. The second kappa shape index (κ2) is 4.94. The highest BCUT2D eigenvalue weighted by Crippen LogP contribution is 2.15. The number of aromatic nitrogens is 3. The highest BCUT2D eigenvalue weighted by molar-refractivity contribution is 5.45. The summed E-state index contributed by atoms with van der Waals surface area (Å²) in [6.07, 6.45) is 4.19. The second-order valence-electron chi connectivity index (χ2n) is 4.88. The van der Waals surface area contributed by atoms with Crippen molar-refractivity contribution in [2.75, 3.05) is 25.1 Å². The summed E-state index contributed by atoms with van der Waals surface area (Å²) in [7, 11) is 0. The Hall–Kier alpha value is -1.62. The van der Waals surface area contributed by atoms with Crippen molar-refractivity contribution >= 4 is 11.6 Å². The zero-order valence-corrected chi connectivity index (χ0v) is 10.6. The molecule has 1 fully saturated rings. The fourth-order valence-corrected chi connectivity index (χ4v) is 2.24. The van der Waals surface area contributed by atoms with Crippen molar-refractivity contribution in [2.45, 2.75) is 19.8 Å². The topological polar surface area (TPSA) is 51.5 Å². The van der Waals surface area contributed by atoms with E-state index >= 15 is 0 Å². The maximum atomic E-state index is 5.35. The van der Waals surface area contributed by atoms with Crippen molar-refractivity contribution in [3.8, 4) is 0 Å². The van der Waals surface area contributed by atoms with E-state index in [4.69, 9.17) is 4.74 Å². The number of aryl methyl sites for hydroxylation is 1. The normalized spacial score (nSPS) is 17.2. The van der Waals surface area contributed by atoms with Gasteiger partial charge in [-0.15, -0.1) is 5.10 Å². The van der Waals surface area contributed by atoms with Crippen LogP contribution in [0.25, 0.3) is 5.65 Å². The minimum atomic E-state index is 0.673. The van der Waals surface area contributed by atoms with E-state index in [0.29, 0.717) is 11.9 Å². The summed E-state index contributed by atoms with van der Waals surface area (Å²) in [6, 6.07) is 4.07. The Kier molecular flexibility index (Phi) is 3.15. The number of anilines is 1. The lowest BCUT2D eigenvalue weighted by atomic mass is 10.0. The van der Waals surface area contributed by atoms with E-state index in [9.17, 15) is 0 Å². The molecule has 0 bridgehead atoms. The summed E-state index contributed by atoms with van der Waals surface area (Å²) in [5.74, 6) is 1.39. The van der Waals surface area contributed by atoms with Crippen LogP contribution < -0.4 is 5.32 Å². The number of pyridine rings is 1. The molecule has 1 N–H and O–H groups in total. The highest BCUT2D eigenvalue weighted by Gasteiger charge is 2.14. The molecule has 18 heavy (non-hydrogen) atoms. The van der Waals surface area contributed by atoms with Crippen molar-refractivity contribution in [3.05, 3.63) is 23.9 Å². The lowest BCUT2D eigenvalue weighted by molar-refractivity contribution is 0.0699. The van der Waals surface area contributed by atoms with Crippen molar-refractivity contribution in [1.29, 1.82) is 0 Å². The van der Waals surface area contributed by atoms with E-state index in [1.54, 1.807) is 4.52 Å². The molecule has 3 rings (SSSR count). The molecule has 0 unspecified atom stereocenters. The quantitative estimate of drug-likeness (QED) is 0.898. The van der Waals surface area contributed by atoms with Gasteiger partial charge < -0.3 is 10.1 Å². The zero-order chi connectivity index (χ0) is 12.4. The van der Waals surface area contributed by atoms with Crippen molar-refractivity contribution in [3.63, 3.8) is 0 Å². The number of rotatable bonds is 3. The van der Waals surface area contributed by atoms with Gasteiger partial charge >= 0.3 is 0 Å². The van der Waals surface area contributed by atoms with Gasteiger partial charge in [-0.1, -0.05) is 0 Å². The van der Waals surface area contributed by atoms with E-state index in [1.807, 2.05) is 18.3 Å². The standard InChI is InChI=1S/C13H18N4O/c1-10-2-5-17-12(8-10)15-13(16-17)14-9-11-3-6-18-7-4-11/h2,5,8,11H,3-4,6-7,9H2,1H3,(H,14,16). The van der Waals surface area contributed by atoms with Gasteiger partial charge in [-0.05, 0) is 43.4 Å². The molecule has 5 heteroatoms. The molecule has 1 saturated heterocycles. The van der Waals surface area contributed by atoms with Gasteiger partial charge in [0, 0.05) is 26.0 Å². The summed E-state index contributed by atoms with van der Waals surface area (Å²) in [5, 5.41) is 7.73. The van der Waals surface area contributed by atoms with Crippen LogP contribution in [0, 0.1) is 12.8 Å². The first-order valence-corrected chi connectivity index (χ1v) is 6.46. The van der Waals surface area contributed by atoms with Crippen LogP contribution in [0.15, 0.2) is 18.3 Å². The van der Waals surface area contributed by atoms with Crippen LogP contribution in [0.5, 0.6) is 0 Å². The Morgan fingerprint density at radius 3 is 3.11 bits per heavy atom. The van der Waals surface area contributed by atoms with Crippen molar-refractivity contribution in [2.24, 2.45) is 5.92 Å². The molecule has 2 aromatic heterocycles. The van der Waals surface area contributed by atoms with Gasteiger partial charge in [0.1, 0.15) is 0 Å². The molecule has 1 aliphatic rings. The number of nitrogens with zero attached hydrogens (tertiary/aromatic N) is 3. The van der Waals surface area contributed by atoms with Crippen LogP contribution in [0.4, 0.5) is 5.95 Å². The highest BCUT2D eigenvalue weighted by atomic mass is 16.5. The van der Waals surface area contributed by atoms with E-state index in [1.165, 1.54) is 5.56 Å². The number of fused-ring (bicyclic) bond motifs is 1. The van der Waals surface area contributed by atoms with Gasteiger partial charge in [0.05, 0.1) is 0 Å². The summed E-state index contributed by atoms with van der Waals surface area (Å²) in [4.78, 5) is 4.47. The maximum absolute atomic E-state index is 5.35. The summed E-state index contributed by atoms with van der Waals surface area (Å²) in [5.41, 5.74) is 2.09. The molecule has 2 aromatic rings. The minimum Gasteiger partial charge on any atom is -0.381 e. The van der Waals surface area contributed by atoms with Gasteiger partial charge in [0.25, 0.3) is 0 Å². The molecule has 0 spiro atoms. The lowest BCUT2D eigenvalue weighted by Gasteiger charge is -2.21. The van der Waals surface area contributed by atoms with Crippen molar-refractivity contribution in [1.82, 2.24) is 14.6 Å². The van der Waals surface area contributed by atoms with Gasteiger partial charge in [0.15, 0.2) is 5.65 Å². The SMILES string of the molecule is Cc1ccn2nc(NCC3CCOCC3)nc2c1. The Labute approximate surface area is 106 Å². The first-order chi connectivity index (χ1) is 8.81. The Balaban J connectivity index is 1.67. The monoisotopic (exact) mass is 246 g/mol. The third kappa shape index (κ3) is 2.46. The largest absolute Gasteiger partial charge is 0.381 e. The summed E-state index contributed by atoms with van der Waals surface area (Å²) >= 11 is 0. The fraction of sp³-hybridized carbons (Fsp3) is 0.538. The van der Waals surface area contributed by atoms with Crippen LogP contribution in [0.1, 0.15) is 18.4 Å². The lowest BCUT2D eigenvalue weighted by Crippen LogP contribution is -2.22. The molecular weight excluding hydrogens is 228 g/mol. The molecule has 0 atom stereocenters. The van der Waals surface area contributed by atoms with Crippen LogP contribution in [-0.2, 0) is 4.74 Å². The van der Waals surface area contributed by atoms with Crippen LogP contribution >= 0.6 is 0 Å². The number of nitrogens with one attached hydrogen (secondary N) is 1. The minimum absolute atomic E-state index is 0.673. The third-order valence-electron chi connectivity index (χ3n) is 3.38. The van der Waals surface area contributed by atoms with Crippen LogP contribution in [-0.4, -0.2) is 34.4 Å². The predicted octanol–water partition coefficient (Wildman–Crippen LogP) is 1.88. The molecule has 0 aliphatic carbocycles. The summed E-state index contributed by atoms with van der Waals surface area (Å²) < 4.78 is 7.15. The Bertz CT molecular complexity index is 531. The molecule has 1 aliphatic heterocycles. The fourth-order valence-electron chi connectivity index (χ4n) is 2.24. The molecule has 3 heterocycles. The van der Waals surface area contributed by atoms with E-state index in [2.05, 4.69) is 22.3 Å². The molecule has 0 radical (unpaired) electrons. The smallest absolute Gasteiger partial charge is 0.243 e. The van der Waals surface area contributed by atoms with E-state index in [-0.39, 0.29) is 0 Å². The van der Waals surface area contributed by atoms with Gasteiger partial charge in [-0.25, -0.2) is 4.52 Å². The molecular formula is C13H18N4O. The van der Waals surface area contributed by atoms with Gasteiger partial charge in [0.2, 0.25) is 5.95 Å². The molecule has 0 aromatic carbocycles. The van der Waals surface area contributed by atoms with Gasteiger partial charge in [-0.3, -0.25) is 0 Å². The zero-order valence-electron chi connectivity index (χ0n) is 10.6. The van der Waals surface area contributed by atoms with E-state index in [0.717, 1.165) is 38.2 Å². The average Bonchev–Trinajstić information content (AvgIpc) is 2.79. The predicted molar refractivity (Wildman–Crippen MR) is 69.8 cm³/mol. The Morgan fingerprint density at radius 2 is 2.28 bits per heavy atom. The first kappa shape index (κ1) is 11.5. The van der Waals surface area contributed by atoms with E-state index < -0.39 is 0 Å². The van der Waals surface area contributed by atoms with Crippen molar-refractivity contribution < 1.29 is 4.74 Å². The average molecular weight is 246 g/mol.